The Balaban J connectivity index is 0.00000225. The van der Waals surface area contributed by atoms with E-state index in [1.807, 2.05) is 32.0 Å². The quantitative estimate of drug-likeness (QED) is 0.856. The Morgan fingerprint density at radius 3 is 2.44 bits per heavy atom. The van der Waals surface area contributed by atoms with E-state index in [4.69, 9.17) is 10.5 Å². The molecule has 1 rings (SSSR count). The van der Waals surface area contributed by atoms with E-state index in [2.05, 4.69) is 13.0 Å². The average Bonchev–Trinajstić information content (AvgIpc) is 2.18. The van der Waals surface area contributed by atoms with Crippen molar-refractivity contribution in [2.75, 3.05) is 0 Å². The Kier molecular flexibility index (Phi) is 7.18. The highest BCUT2D eigenvalue weighted by Crippen LogP contribution is 2.26. The second-order valence-corrected chi connectivity index (χ2v) is 4.10. The number of hydrogen-bond donors (Lipinski definition) is 1. The van der Waals surface area contributed by atoms with Crippen molar-refractivity contribution in [2.24, 2.45) is 5.73 Å². The van der Waals surface area contributed by atoms with Crippen LogP contribution in [-0.2, 0) is 0 Å². The molecule has 16 heavy (non-hydrogen) atoms. The van der Waals surface area contributed by atoms with E-state index < -0.39 is 0 Å². The van der Waals surface area contributed by atoms with Crippen molar-refractivity contribution in [3.63, 3.8) is 0 Å². The number of hydrogen-bond acceptors (Lipinski definition) is 2. The van der Waals surface area contributed by atoms with Gasteiger partial charge in [0.05, 0.1) is 6.10 Å². The molecule has 0 fully saturated rings. The van der Waals surface area contributed by atoms with Crippen LogP contribution in [0.5, 0.6) is 5.75 Å². The largest absolute Gasteiger partial charge is 0.491 e. The van der Waals surface area contributed by atoms with E-state index in [9.17, 15) is 0 Å². The molecule has 0 spiro atoms. The number of nitrogens with two attached hydrogens (primary N) is 1. The van der Waals surface area contributed by atoms with Gasteiger partial charge >= 0.3 is 0 Å². The summed E-state index contributed by atoms with van der Waals surface area (Å²) in [5.74, 6) is 0.924. The maximum Gasteiger partial charge on any atom is 0.124 e. The van der Waals surface area contributed by atoms with Gasteiger partial charge in [0.2, 0.25) is 0 Å². The van der Waals surface area contributed by atoms with Gasteiger partial charge in [-0.1, -0.05) is 31.5 Å². The minimum Gasteiger partial charge on any atom is -0.491 e. The molecule has 0 aliphatic rings. The molecule has 0 radical (unpaired) electrons. The van der Waals surface area contributed by atoms with Gasteiger partial charge in [0.1, 0.15) is 5.75 Å². The highest BCUT2D eigenvalue weighted by atomic mass is 35.5. The van der Waals surface area contributed by atoms with Crippen LogP contribution < -0.4 is 10.5 Å². The van der Waals surface area contributed by atoms with Gasteiger partial charge in [0, 0.05) is 11.6 Å². The summed E-state index contributed by atoms with van der Waals surface area (Å²) in [6, 6.07) is 8.13. The van der Waals surface area contributed by atoms with E-state index in [1.165, 1.54) is 0 Å². The lowest BCUT2D eigenvalue weighted by Crippen LogP contribution is -2.14. The van der Waals surface area contributed by atoms with Crippen LogP contribution in [0.15, 0.2) is 24.3 Å². The van der Waals surface area contributed by atoms with Crippen molar-refractivity contribution in [3.05, 3.63) is 29.8 Å². The maximum atomic E-state index is 6.10. The molecule has 92 valence electrons. The first-order valence-corrected chi connectivity index (χ1v) is 5.66. The fourth-order valence-corrected chi connectivity index (χ4v) is 1.61. The second-order valence-electron chi connectivity index (χ2n) is 4.10. The highest BCUT2D eigenvalue weighted by Gasteiger charge is 2.11. The molecule has 1 aromatic rings. The predicted molar refractivity (Wildman–Crippen MR) is 71.3 cm³/mol. The van der Waals surface area contributed by atoms with Gasteiger partial charge < -0.3 is 10.5 Å². The van der Waals surface area contributed by atoms with Crippen LogP contribution in [0.2, 0.25) is 0 Å². The van der Waals surface area contributed by atoms with E-state index in [1.54, 1.807) is 0 Å². The zero-order chi connectivity index (χ0) is 11.3. The van der Waals surface area contributed by atoms with Crippen LogP contribution in [-0.4, -0.2) is 6.10 Å². The van der Waals surface area contributed by atoms with Gasteiger partial charge in [-0.05, 0) is 26.3 Å². The number of halogens is 1. The van der Waals surface area contributed by atoms with Gasteiger partial charge in [0.15, 0.2) is 0 Å². The maximum absolute atomic E-state index is 6.10. The molecule has 2 N–H and O–H groups in total. The molecular formula is C13H22ClNO. The minimum atomic E-state index is 0. The van der Waals surface area contributed by atoms with Crippen molar-refractivity contribution in [3.8, 4) is 5.75 Å². The first-order valence-electron chi connectivity index (χ1n) is 5.66. The summed E-state index contributed by atoms with van der Waals surface area (Å²) in [7, 11) is 0. The zero-order valence-electron chi connectivity index (χ0n) is 10.3. The fraction of sp³-hybridized carbons (Fsp3) is 0.538. The van der Waals surface area contributed by atoms with Crippen molar-refractivity contribution in [1.82, 2.24) is 0 Å². The van der Waals surface area contributed by atoms with E-state index in [0.717, 1.165) is 24.2 Å². The Labute approximate surface area is 105 Å². The van der Waals surface area contributed by atoms with E-state index in [0.29, 0.717) is 0 Å². The lowest BCUT2D eigenvalue weighted by molar-refractivity contribution is 0.238. The number of ether oxygens (including phenoxy) is 1. The van der Waals surface area contributed by atoms with Crippen LogP contribution in [0.4, 0.5) is 0 Å². The molecule has 0 aliphatic carbocycles. The summed E-state index contributed by atoms with van der Waals surface area (Å²) in [5, 5.41) is 0. The number of rotatable bonds is 5. The van der Waals surface area contributed by atoms with Gasteiger partial charge in [-0.25, -0.2) is 0 Å². The lowest BCUT2D eigenvalue weighted by Gasteiger charge is -2.18. The first kappa shape index (κ1) is 15.3. The second kappa shape index (κ2) is 7.53. The van der Waals surface area contributed by atoms with Crippen molar-refractivity contribution < 1.29 is 4.74 Å². The SMILES string of the molecule is CCC[C@@H](N)c1ccccc1OC(C)C.Cl. The third kappa shape index (κ3) is 4.42. The van der Waals surface area contributed by atoms with Crippen molar-refractivity contribution in [2.45, 2.75) is 45.8 Å². The minimum absolute atomic E-state index is 0. The third-order valence-electron chi connectivity index (χ3n) is 2.28. The Morgan fingerprint density at radius 2 is 1.88 bits per heavy atom. The molecule has 0 aliphatic heterocycles. The number of para-hydroxylation sites is 1. The molecule has 1 atom stereocenters. The van der Waals surface area contributed by atoms with Crippen LogP contribution in [0, 0.1) is 0 Å². The molecule has 2 nitrogen and oxygen atoms in total. The topological polar surface area (TPSA) is 35.2 Å². The van der Waals surface area contributed by atoms with Gasteiger partial charge in [-0.15, -0.1) is 12.4 Å². The summed E-state index contributed by atoms with van der Waals surface area (Å²) in [6.07, 6.45) is 2.29. The molecule has 0 amide bonds. The van der Waals surface area contributed by atoms with Gasteiger partial charge in [-0.2, -0.15) is 0 Å². The molecule has 0 saturated carbocycles. The third-order valence-corrected chi connectivity index (χ3v) is 2.28. The molecule has 0 aromatic heterocycles. The van der Waals surface area contributed by atoms with Gasteiger partial charge in [-0.3, -0.25) is 0 Å². The predicted octanol–water partition coefficient (Wildman–Crippen LogP) is 3.70. The number of benzene rings is 1. The Morgan fingerprint density at radius 1 is 1.25 bits per heavy atom. The van der Waals surface area contributed by atoms with Crippen LogP contribution >= 0.6 is 12.4 Å². The molecule has 0 bridgehead atoms. The van der Waals surface area contributed by atoms with Crippen LogP contribution in [0.3, 0.4) is 0 Å². The molecule has 0 heterocycles. The summed E-state index contributed by atoms with van der Waals surface area (Å²) in [6.45, 7) is 6.20. The summed E-state index contributed by atoms with van der Waals surface area (Å²) < 4.78 is 5.73. The van der Waals surface area contributed by atoms with Crippen molar-refractivity contribution >= 4 is 12.4 Å². The molecular weight excluding hydrogens is 222 g/mol. The fourth-order valence-electron chi connectivity index (χ4n) is 1.61. The van der Waals surface area contributed by atoms with E-state index in [-0.39, 0.29) is 24.6 Å². The molecule has 0 saturated heterocycles. The zero-order valence-corrected chi connectivity index (χ0v) is 11.1. The average molecular weight is 244 g/mol. The van der Waals surface area contributed by atoms with Gasteiger partial charge in [0.25, 0.3) is 0 Å². The smallest absolute Gasteiger partial charge is 0.124 e. The first-order chi connectivity index (χ1) is 7.15. The van der Waals surface area contributed by atoms with Crippen LogP contribution in [0.25, 0.3) is 0 Å². The summed E-state index contributed by atoms with van der Waals surface area (Å²) in [5.41, 5.74) is 7.22. The normalized spacial score (nSPS) is 12.1. The molecule has 3 heteroatoms. The molecule has 1 aromatic carbocycles. The summed E-state index contributed by atoms with van der Waals surface area (Å²) in [4.78, 5) is 0. The standard InChI is InChI=1S/C13H21NO.ClH/c1-4-7-12(14)11-8-5-6-9-13(11)15-10(2)3;/h5-6,8-10,12H,4,7,14H2,1-3H3;1H/t12-;/m1./s1. The Hall–Kier alpha value is -0.730. The van der Waals surface area contributed by atoms with E-state index >= 15 is 0 Å². The lowest BCUT2D eigenvalue weighted by atomic mass is 10.0. The Bertz CT molecular complexity index is 302. The monoisotopic (exact) mass is 243 g/mol. The molecule has 0 unspecified atom stereocenters. The van der Waals surface area contributed by atoms with Crippen molar-refractivity contribution in [1.29, 1.82) is 0 Å². The van der Waals surface area contributed by atoms with Crippen LogP contribution in [0.1, 0.15) is 45.2 Å². The highest BCUT2D eigenvalue weighted by molar-refractivity contribution is 5.85. The summed E-state index contributed by atoms with van der Waals surface area (Å²) >= 11 is 0.